The number of furan rings is 1. The maximum Gasteiger partial charge on any atom is 0.231 e. The molecule has 0 fully saturated rings. The van der Waals surface area contributed by atoms with Gasteiger partial charge in [-0.2, -0.15) is 10.1 Å². The number of rotatable bonds is 5. The number of hydrazone groups is 1. The number of fused-ring (bicyclic) bond motifs is 1. The highest BCUT2D eigenvalue weighted by molar-refractivity contribution is 5.86. The van der Waals surface area contributed by atoms with Gasteiger partial charge in [-0.25, -0.2) is 4.98 Å². The average molecular weight is 309 g/mol. The second-order valence-corrected chi connectivity index (χ2v) is 5.61. The van der Waals surface area contributed by atoms with E-state index in [4.69, 9.17) is 4.42 Å². The molecular weight excluding hydrogens is 290 g/mol. The molecule has 6 heteroatoms. The van der Waals surface area contributed by atoms with Crippen molar-refractivity contribution in [2.24, 2.45) is 5.10 Å². The van der Waals surface area contributed by atoms with Crippen LogP contribution < -0.4 is 5.43 Å². The Morgan fingerprint density at radius 2 is 1.96 bits per heavy atom. The van der Waals surface area contributed by atoms with Crippen molar-refractivity contribution in [3.8, 4) is 0 Å². The van der Waals surface area contributed by atoms with E-state index >= 15 is 0 Å². The summed E-state index contributed by atoms with van der Waals surface area (Å²) < 4.78 is 5.30. The van der Waals surface area contributed by atoms with Gasteiger partial charge in [0, 0.05) is 6.54 Å². The predicted octanol–water partition coefficient (Wildman–Crippen LogP) is 3.04. The van der Waals surface area contributed by atoms with E-state index in [9.17, 15) is 0 Å². The molecule has 3 aromatic rings. The van der Waals surface area contributed by atoms with Gasteiger partial charge in [-0.05, 0) is 38.2 Å². The van der Waals surface area contributed by atoms with Crippen molar-refractivity contribution in [2.75, 3.05) is 19.5 Å². The zero-order valence-corrected chi connectivity index (χ0v) is 13.4. The minimum Gasteiger partial charge on any atom is -0.446 e. The normalized spacial score (nSPS) is 11.7. The van der Waals surface area contributed by atoms with Gasteiger partial charge in [0.05, 0.1) is 17.9 Å². The third-order valence-corrected chi connectivity index (χ3v) is 3.30. The summed E-state index contributed by atoms with van der Waals surface area (Å²) in [6.07, 6.45) is 3.36. The molecule has 2 heterocycles. The molecule has 0 amide bonds. The van der Waals surface area contributed by atoms with Crippen molar-refractivity contribution in [1.29, 1.82) is 0 Å². The molecule has 3 rings (SSSR count). The summed E-state index contributed by atoms with van der Waals surface area (Å²) in [5, 5.41) is 5.07. The van der Waals surface area contributed by atoms with E-state index in [0.717, 1.165) is 17.5 Å². The molecular formula is C17H19N5O. The Labute approximate surface area is 134 Å². The van der Waals surface area contributed by atoms with E-state index in [1.807, 2.05) is 25.1 Å². The lowest BCUT2D eigenvalue weighted by atomic mass is 10.1. The van der Waals surface area contributed by atoms with E-state index in [1.165, 1.54) is 5.56 Å². The summed E-state index contributed by atoms with van der Waals surface area (Å²) in [6.45, 7) is 2.74. The SMILES string of the molecule is Cc1nc(NN=Cc2ccc(CN(C)C)cc2)c2ccoc2n1. The Morgan fingerprint density at radius 3 is 2.70 bits per heavy atom. The van der Waals surface area contributed by atoms with Crippen molar-refractivity contribution < 1.29 is 4.42 Å². The largest absolute Gasteiger partial charge is 0.446 e. The summed E-state index contributed by atoms with van der Waals surface area (Å²) in [5.41, 5.74) is 5.81. The minimum absolute atomic E-state index is 0.559. The van der Waals surface area contributed by atoms with Gasteiger partial charge in [-0.1, -0.05) is 24.3 Å². The molecule has 0 bridgehead atoms. The molecule has 2 aromatic heterocycles. The van der Waals surface area contributed by atoms with Crippen LogP contribution in [0.2, 0.25) is 0 Å². The number of nitrogens with zero attached hydrogens (tertiary/aromatic N) is 4. The minimum atomic E-state index is 0.559. The van der Waals surface area contributed by atoms with E-state index < -0.39 is 0 Å². The summed E-state index contributed by atoms with van der Waals surface area (Å²) in [4.78, 5) is 10.7. The quantitative estimate of drug-likeness (QED) is 0.579. The fourth-order valence-corrected chi connectivity index (χ4v) is 2.29. The number of hydrogen-bond acceptors (Lipinski definition) is 6. The van der Waals surface area contributed by atoms with E-state index in [2.05, 4.69) is 51.6 Å². The first-order chi connectivity index (χ1) is 11.1. The van der Waals surface area contributed by atoms with Crippen LogP contribution in [0.25, 0.3) is 11.1 Å². The van der Waals surface area contributed by atoms with Crippen LogP contribution in [0.1, 0.15) is 17.0 Å². The Hall–Kier alpha value is -2.73. The monoisotopic (exact) mass is 309 g/mol. The van der Waals surface area contributed by atoms with Crippen molar-refractivity contribution in [1.82, 2.24) is 14.9 Å². The zero-order chi connectivity index (χ0) is 16.2. The number of nitrogens with one attached hydrogen (secondary N) is 1. The van der Waals surface area contributed by atoms with Gasteiger partial charge in [0.1, 0.15) is 5.82 Å². The van der Waals surface area contributed by atoms with Crippen LogP contribution in [0.5, 0.6) is 0 Å². The lowest BCUT2D eigenvalue weighted by molar-refractivity contribution is 0.402. The number of hydrogen-bond donors (Lipinski definition) is 1. The highest BCUT2D eigenvalue weighted by Gasteiger charge is 2.07. The Morgan fingerprint density at radius 1 is 1.17 bits per heavy atom. The van der Waals surface area contributed by atoms with Gasteiger partial charge in [-0.3, -0.25) is 5.43 Å². The molecule has 0 aliphatic carbocycles. The topological polar surface area (TPSA) is 66.6 Å². The first-order valence-electron chi connectivity index (χ1n) is 7.36. The van der Waals surface area contributed by atoms with Gasteiger partial charge >= 0.3 is 0 Å². The summed E-state index contributed by atoms with van der Waals surface area (Å²) >= 11 is 0. The standard InChI is InChI=1S/C17H19N5O/c1-12-19-16(15-8-9-23-17(15)20-12)21-18-10-13-4-6-14(7-5-13)11-22(2)3/h4-10H,11H2,1-3H3,(H,19,20,21). The van der Waals surface area contributed by atoms with Gasteiger partial charge in [0.25, 0.3) is 0 Å². The maximum absolute atomic E-state index is 5.30. The highest BCUT2D eigenvalue weighted by atomic mass is 16.3. The fourth-order valence-electron chi connectivity index (χ4n) is 2.29. The first-order valence-corrected chi connectivity index (χ1v) is 7.36. The van der Waals surface area contributed by atoms with Crippen molar-refractivity contribution in [2.45, 2.75) is 13.5 Å². The third-order valence-electron chi connectivity index (χ3n) is 3.30. The van der Waals surface area contributed by atoms with Crippen LogP contribution in [-0.2, 0) is 6.54 Å². The van der Waals surface area contributed by atoms with Crippen molar-refractivity contribution >= 4 is 23.1 Å². The molecule has 6 nitrogen and oxygen atoms in total. The molecule has 23 heavy (non-hydrogen) atoms. The second kappa shape index (κ2) is 6.58. The molecule has 0 radical (unpaired) electrons. The molecule has 0 spiro atoms. The lowest BCUT2D eigenvalue weighted by Crippen LogP contribution is -2.10. The van der Waals surface area contributed by atoms with Crippen LogP contribution in [0.15, 0.2) is 46.1 Å². The third kappa shape index (κ3) is 3.73. The smallest absolute Gasteiger partial charge is 0.231 e. The van der Waals surface area contributed by atoms with Gasteiger partial charge in [0.15, 0.2) is 5.82 Å². The molecule has 1 N–H and O–H groups in total. The highest BCUT2D eigenvalue weighted by Crippen LogP contribution is 2.20. The number of anilines is 1. The van der Waals surface area contributed by atoms with Crippen LogP contribution in [0, 0.1) is 6.92 Å². The Kier molecular flexibility index (Phi) is 4.34. The molecule has 0 saturated carbocycles. The fraction of sp³-hybridized carbons (Fsp3) is 0.235. The van der Waals surface area contributed by atoms with Gasteiger partial charge < -0.3 is 9.32 Å². The zero-order valence-electron chi connectivity index (χ0n) is 13.4. The Bertz CT molecular complexity index is 821. The number of aryl methyl sites for hydroxylation is 1. The van der Waals surface area contributed by atoms with E-state index in [0.29, 0.717) is 17.4 Å². The first kappa shape index (κ1) is 15.2. The Balaban J connectivity index is 1.71. The van der Waals surface area contributed by atoms with Crippen LogP contribution >= 0.6 is 0 Å². The van der Waals surface area contributed by atoms with Crippen molar-refractivity contribution in [3.63, 3.8) is 0 Å². The van der Waals surface area contributed by atoms with Crippen molar-refractivity contribution in [3.05, 3.63) is 53.5 Å². The summed E-state index contributed by atoms with van der Waals surface area (Å²) in [5.74, 6) is 1.28. The van der Waals surface area contributed by atoms with Gasteiger partial charge in [-0.15, -0.1) is 0 Å². The lowest BCUT2D eigenvalue weighted by Gasteiger charge is -2.09. The predicted molar refractivity (Wildman–Crippen MR) is 91.6 cm³/mol. The van der Waals surface area contributed by atoms with E-state index in [1.54, 1.807) is 12.5 Å². The van der Waals surface area contributed by atoms with Crippen LogP contribution in [-0.4, -0.2) is 35.2 Å². The molecule has 0 unspecified atom stereocenters. The summed E-state index contributed by atoms with van der Waals surface area (Å²) in [7, 11) is 4.11. The molecule has 118 valence electrons. The molecule has 0 atom stereocenters. The summed E-state index contributed by atoms with van der Waals surface area (Å²) in [6, 6.07) is 10.1. The number of aromatic nitrogens is 2. The second-order valence-electron chi connectivity index (χ2n) is 5.61. The van der Waals surface area contributed by atoms with E-state index in [-0.39, 0.29) is 0 Å². The molecule has 0 aliphatic heterocycles. The number of benzene rings is 1. The maximum atomic E-state index is 5.30. The average Bonchev–Trinajstić information content (AvgIpc) is 2.96. The van der Waals surface area contributed by atoms with Gasteiger partial charge in [0.2, 0.25) is 5.71 Å². The van der Waals surface area contributed by atoms with Crippen LogP contribution in [0.3, 0.4) is 0 Å². The molecule has 1 aromatic carbocycles. The molecule has 0 aliphatic rings. The molecule has 0 saturated heterocycles. The van der Waals surface area contributed by atoms with Crippen LogP contribution in [0.4, 0.5) is 5.82 Å².